The van der Waals surface area contributed by atoms with E-state index in [2.05, 4.69) is 21.8 Å². The quantitative estimate of drug-likeness (QED) is 0.635. The minimum Gasteiger partial charge on any atom is -0.383 e. The molecule has 0 bridgehead atoms. The van der Waals surface area contributed by atoms with E-state index in [-0.39, 0.29) is 0 Å². The highest BCUT2D eigenvalue weighted by Crippen LogP contribution is 2.32. The molecule has 2 unspecified atom stereocenters. The smallest absolute Gasteiger partial charge is 0.0951 e. The van der Waals surface area contributed by atoms with Crippen molar-refractivity contribution in [3.05, 3.63) is 18.2 Å². The lowest BCUT2D eigenvalue weighted by atomic mass is 9.96. The normalized spacial score (nSPS) is 24.3. The molecule has 1 heterocycles. The maximum Gasteiger partial charge on any atom is 0.0951 e. The van der Waals surface area contributed by atoms with Crippen LogP contribution in [-0.2, 0) is 11.3 Å². The second kappa shape index (κ2) is 7.65. The summed E-state index contributed by atoms with van der Waals surface area (Å²) in [6, 6.07) is 0.629. The first-order valence-electron chi connectivity index (χ1n) is 7.53. The van der Waals surface area contributed by atoms with E-state index < -0.39 is 0 Å². The van der Waals surface area contributed by atoms with Crippen molar-refractivity contribution in [2.75, 3.05) is 20.3 Å². The van der Waals surface area contributed by atoms with Gasteiger partial charge in [-0.3, -0.25) is 0 Å². The summed E-state index contributed by atoms with van der Waals surface area (Å²) in [5, 5.41) is 3.41. The highest BCUT2D eigenvalue weighted by molar-refractivity contribution is 5.01. The van der Waals surface area contributed by atoms with Gasteiger partial charge in [0, 0.05) is 32.4 Å². The highest BCUT2D eigenvalue weighted by Gasteiger charge is 2.22. The van der Waals surface area contributed by atoms with Crippen molar-refractivity contribution in [1.82, 2.24) is 14.9 Å². The van der Waals surface area contributed by atoms with E-state index in [1.807, 2.05) is 12.5 Å². The first-order valence-corrected chi connectivity index (χ1v) is 7.53. The lowest BCUT2D eigenvalue weighted by Gasteiger charge is -2.25. The van der Waals surface area contributed by atoms with Gasteiger partial charge in [0.05, 0.1) is 18.6 Å². The molecule has 1 aromatic heterocycles. The summed E-state index contributed by atoms with van der Waals surface area (Å²) in [5.41, 5.74) is 1.30. The summed E-state index contributed by atoms with van der Waals surface area (Å²) in [7, 11) is 1.74. The number of hydrogen-bond acceptors (Lipinski definition) is 3. The molecule has 0 aliphatic heterocycles. The third kappa shape index (κ3) is 4.05. The van der Waals surface area contributed by atoms with Gasteiger partial charge in [-0.1, -0.05) is 26.2 Å². The van der Waals surface area contributed by atoms with Crippen LogP contribution in [-0.4, -0.2) is 29.8 Å². The van der Waals surface area contributed by atoms with Crippen molar-refractivity contribution in [3.63, 3.8) is 0 Å². The molecule has 1 aliphatic rings. The van der Waals surface area contributed by atoms with Crippen molar-refractivity contribution in [1.29, 1.82) is 0 Å². The van der Waals surface area contributed by atoms with Gasteiger partial charge in [-0.25, -0.2) is 4.98 Å². The molecule has 4 heteroatoms. The van der Waals surface area contributed by atoms with Crippen LogP contribution in [0.4, 0.5) is 0 Å². The van der Waals surface area contributed by atoms with Crippen LogP contribution in [0, 0.1) is 5.92 Å². The standard InChI is InChI=1S/C15H27N3O/c1-13-6-4-3-5-7-15(13)18-12-17-11-14(18)10-16-8-9-19-2/h11-13,15-16H,3-10H2,1-2H3. The summed E-state index contributed by atoms with van der Waals surface area (Å²) in [5.74, 6) is 0.759. The molecule has 0 saturated heterocycles. The van der Waals surface area contributed by atoms with E-state index in [1.54, 1.807) is 7.11 Å². The summed E-state index contributed by atoms with van der Waals surface area (Å²) in [6.07, 6.45) is 10.8. The van der Waals surface area contributed by atoms with Gasteiger partial charge in [-0.2, -0.15) is 0 Å². The number of methoxy groups -OCH3 is 1. The van der Waals surface area contributed by atoms with Crippen LogP contribution < -0.4 is 5.32 Å². The van der Waals surface area contributed by atoms with Gasteiger partial charge < -0.3 is 14.6 Å². The van der Waals surface area contributed by atoms with Crippen LogP contribution in [0.3, 0.4) is 0 Å². The Kier molecular flexibility index (Phi) is 5.86. The second-order valence-electron chi connectivity index (χ2n) is 5.64. The number of nitrogens with one attached hydrogen (secondary N) is 1. The fraction of sp³-hybridized carbons (Fsp3) is 0.800. The molecule has 0 amide bonds. The second-order valence-corrected chi connectivity index (χ2v) is 5.64. The third-order valence-corrected chi connectivity index (χ3v) is 4.21. The van der Waals surface area contributed by atoms with Crippen molar-refractivity contribution in [2.45, 2.75) is 51.6 Å². The fourth-order valence-corrected chi connectivity index (χ4v) is 3.04. The van der Waals surface area contributed by atoms with Gasteiger partial charge >= 0.3 is 0 Å². The molecule has 108 valence electrons. The fourth-order valence-electron chi connectivity index (χ4n) is 3.04. The number of imidazole rings is 1. The Hall–Kier alpha value is -0.870. The number of ether oxygens (including phenoxy) is 1. The monoisotopic (exact) mass is 265 g/mol. The summed E-state index contributed by atoms with van der Waals surface area (Å²) < 4.78 is 7.46. The number of hydrogen-bond donors (Lipinski definition) is 1. The first-order chi connectivity index (χ1) is 9.33. The van der Waals surface area contributed by atoms with Crippen LogP contribution >= 0.6 is 0 Å². The Bertz CT molecular complexity index is 364. The predicted octanol–water partition coefficient (Wildman–Crippen LogP) is 2.76. The van der Waals surface area contributed by atoms with E-state index in [0.29, 0.717) is 6.04 Å². The zero-order valence-corrected chi connectivity index (χ0v) is 12.3. The SMILES string of the molecule is COCCNCc1cncn1C1CCCCCC1C. The number of nitrogens with zero attached hydrogens (tertiary/aromatic N) is 2. The van der Waals surface area contributed by atoms with Crippen molar-refractivity contribution < 1.29 is 4.74 Å². The molecular formula is C15H27N3O. The summed E-state index contributed by atoms with van der Waals surface area (Å²) >= 11 is 0. The van der Waals surface area contributed by atoms with Crippen LogP contribution in [0.2, 0.25) is 0 Å². The largest absolute Gasteiger partial charge is 0.383 e. The van der Waals surface area contributed by atoms with E-state index in [0.717, 1.165) is 25.6 Å². The van der Waals surface area contributed by atoms with E-state index in [4.69, 9.17) is 4.74 Å². The van der Waals surface area contributed by atoms with Crippen molar-refractivity contribution in [3.8, 4) is 0 Å². The molecule has 2 atom stereocenters. The molecule has 19 heavy (non-hydrogen) atoms. The Morgan fingerprint density at radius 3 is 3.05 bits per heavy atom. The van der Waals surface area contributed by atoms with Crippen LogP contribution in [0.5, 0.6) is 0 Å². The lowest BCUT2D eigenvalue weighted by molar-refractivity contribution is 0.198. The van der Waals surface area contributed by atoms with Crippen LogP contribution in [0.1, 0.15) is 50.8 Å². The molecule has 1 N–H and O–H groups in total. The number of aromatic nitrogens is 2. The Balaban J connectivity index is 1.96. The Morgan fingerprint density at radius 1 is 1.37 bits per heavy atom. The first kappa shape index (κ1) is 14.5. The summed E-state index contributed by atoms with van der Waals surface area (Å²) in [6.45, 7) is 4.92. The number of rotatable bonds is 6. The molecule has 1 fully saturated rings. The molecule has 0 aromatic carbocycles. The van der Waals surface area contributed by atoms with Gasteiger partial charge in [-0.15, -0.1) is 0 Å². The van der Waals surface area contributed by atoms with Gasteiger partial charge in [-0.05, 0) is 18.8 Å². The van der Waals surface area contributed by atoms with E-state index >= 15 is 0 Å². The average molecular weight is 265 g/mol. The minimum absolute atomic E-state index is 0.629. The molecule has 1 saturated carbocycles. The van der Waals surface area contributed by atoms with Crippen LogP contribution in [0.25, 0.3) is 0 Å². The lowest BCUT2D eigenvalue weighted by Crippen LogP contribution is -2.23. The molecule has 2 rings (SSSR count). The minimum atomic E-state index is 0.629. The maximum atomic E-state index is 5.06. The van der Waals surface area contributed by atoms with Gasteiger partial charge in [0.2, 0.25) is 0 Å². The maximum absolute atomic E-state index is 5.06. The topological polar surface area (TPSA) is 39.1 Å². The Labute approximate surface area is 116 Å². The zero-order valence-electron chi connectivity index (χ0n) is 12.3. The zero-order chi connectivity index (χ0) is 13.5. The highest BCUT2D eigenvalue weighted by atomic mass is 16.5. The third-order valence-electron chi connectivity index (χ3n) is 4.21. The van der Waals surface area contributed by atoms with Crippen molar-refractivity contribution in [2.24, 2.45) is 5.92 Å². The summed E-state index contributed by atoms with van der Waals surface area (Å²) in [4.78, 5) is 4.35. The molecule has 1 aromatic rings. The van der Waals surface area contributed by atoms with Gasteiger partial charge in [0.15, 0.2) is 0 Å². The molecule has 0 spiro atoms. The van der Waals surface area contributed by atoms with Gasteiger partial charge in [0.1, 0.15) is 0 Å². The molecule has 1 aliphatic carbocycles. The van der Waals surface area contributed by atoms with Crippen molar-refractivity contribution >= 4 is 0 Å². The van der Waals surface area contributed by atoms with E-state index in [1.165, 1.54) is 37.8 Å². The molecule has 4 nitrogen and oxygen atoms in total. The van der Waals surface area contributed by atoms with Gasteiger partial charge in [0.25, 0.3) is 0 Å². The van der Waals surface area contributed by atoms with Crippen LogP contribution in [0.15, 0.2) is 12.5 Å². The van der Waals surface area contributed by atoms with E-state index in [9.17, 15) is 0 Å². The molecule has 0 radical (unpaired) electrons. The molecular weight excluding hydrogens is 238 g/mol. The average Bonchev–Trinajstić information content (AvgIpc) is 2.76. The predicted molar refractivity (Wildman–Crippen MR) is 77.1 cm³/mol. The Morgan fingerprint density at radius 2 is 2.21 bits per heavy atom.